The smallest absolute Gasteiger partial charge is 0.328 e. The summed E-state index contributed by atoms with van der Waals surface area (Å²) >= 11 is 1.57. The molecule has 0 aliphatic rings. The van der Waals surface area contributed by atoms with Crippen molar-refractivity contribution in [1.82, 2.24) is 9.97 Å². The van der Waals surface area contributed by atoms with E-state index in [9.17, 15) is 4.79 Å². The number of aliphatic hydroxyl groups excluding tert-OH is 1. The Kier molecular flexibility index (Phi) is 3.96. The first kappa shape index (κ1) is 13.7. The number of aliphatic carboxylic acids is 1. The normalized spacial score (nSPS) is 12.6. The van der Waals surface area contributed by atoms with Gasteiger partial charge in [0.1, 0.15) is 22.5 Å². The van der Waals surface area contributed by atoms with E-state index in [1.54, 1.807) is 18.3 Å². The van der Waals surface area contributed by atoms with Crippen molar-refractivity contribution < 1.29 is 15.0 Å². The largest absolute Gasteiger partial charge is 0.480 e. The van der Waals surface area contributed by atoms with Gasteiger partial charge in [-0.25, -0.2) is 14.8 Å². The average molecular weight is 281 g/mol. The molecule has 0 saturated carbocycles. The molecule has 19 heavy (non-hydrogen) atoms. The number of anilines is 1. The van der Waals surface area contributed by atoms with Crippen molar-refractivity contribution in [3.63, 3.8) is 0 Å². The predicted octanol–water partition coefficient (Wildman–Crippen LogP) is 1.42. The van der Waals surface area contributed by atoms with Crippen LogP contribution in [-0.2, 0) is 11.2 Å². The molecule has 7 heteroatoms. The van der Waals surface area contributed by atoms with Gasteiger partial charge in [-0.1, -0.05) is 6.92 Å². The van der Waals surface area contributed by atoms with Gasteiger partial charge in [0, 0.05) is 4.88 Å². The first-order valence-electron chi connectivity index (χ1n) is 5.92. The lowest BCUT2D eigenvalue weighted by molar-refractivity contribution is -0.138. The number of carboxylic acids is 1. The zero-order valence-corrected chi connectivity index (χ0v) is 11.5. The van der Waals surface area contributed by atoms with Crippen molar-refractivity contribution in [2.45, 2.75) is 26.3 Å². The zero-order chi connectivity index (χ0) is 14.0. The monoisotopic (exact) mass is 281 g/mol. The van der Waals surface area contributed by atoms with E-state index in [2.05, 4.69) is 15.3 Å². The number of fused-ring (bicyclic) bond motifs is 1. The Balaban J connectivity index is 2.46. The fourth-order valence-electron chi connectivity index (χ4n) is 1.71. The highest BCUT2D eigenvalue weighted by Gasteiger charge is 2.19. The van der Waals surface area contributed by atoms with Crippen LogP contribution in [0.2, 0.25) is 0 Å². The van der Waals surface area contributed by atoms with Crippen LogP contribution in [0.1, 0.15) is 17.6 Å². The topological polar surface area (TPSA) is 95.3 Å². The summed E-state index contributed by atoms with van der Waals surface area (Å²) in [5.74, 6) is -0.0839. The number of rotatable bonds is 5. The van der Waals surface area contributed by atoms with Crippen molar-refractivity contribution in [1.29, 1.82) is 0 Å². The third-order valence-electron chi connectivity index (χ3n) is 2.70. The molecule has 2 rings (SSSR count). The molecule has 0 radical (unpaired) electrons. The van der Waals surface area contributed by atoms with E-state index in [1.807, 2.05) is 13.0 Å². The van der Waals surface area contributed by atoms with Crippen molar-refractivity contribution in [2.24, 2.45) is 0 Å². The summed E-state index contributed by atoms with van der Waals surface area (Å²) in [5.41, 5.74) is 0. The third-order valence-corrected chi connectivity index (χ3v) is 3.87. The van der Waals surface area contributed by atoms with Gasteiger partial charge in [0.2, 0.25) is 0 Å². The van der Waals surface area contributed by atoms with Gasteiger partial charge in [0.25, 0.3) is 0 Å². The number of hydrogen-bond acceptors (Lipinski definition) is 6. The van der Waals surface area contributed by atoms with E-state index in [0.717, 1.165) is 21.5 Å². The standard InChI is InChI=1S/C12H15N3O3S/c1-3-7-4-8-10(15-9(5-16)12(17)18)13-6(2)14-11(8)19-7/h4,9,16H,3,5H2,1-2H3,(H,17,18)(H,13,14,15). The summed E-state index contributed by atoms with van der Waals surface area (Å²) < 4.78 is 0. The summed E-state index contributed by atoms with van der Waals surface area (Å²) in [6, 6.07) is 0.889. The first-order valence-corrected chi connectivity index (χ1v) is 6.74. The van der Waals surface area contributed by atoms with E-state index < -0.39 is 18.6 Å². The summed E-state index contributed by atoms with van der Waals surface area (Å²) in [4.78, 5) is 21.5. The SMILES string of the molecule is CCc1cc2c(NC(CO)C(=O)O)nc(C)nc2s1. The molecule has 0 fully saturated rings. The van der Waals surface area contributed by atoms with Gasteiger partial charge in [-0.2, -0.15) is 0 Å². The maximum Gasteiger partial charge on any atom is 0.328 e. The van der Waals surface area contributed by atoms with Crippen LogP contribution in [0.3, 0.4) is 0 Å². The molecular formula is C12H15N3O3S. The fraction of sp³-hybridized carbons (Fsp3) is 0.417. The van der Waals surface area contributed by atoms with Gasteiger partial charge < -0.3 is 15.5 Å². The van der Waals surface area contributed by atoms with Crippen LogP contribution in [0.4, 0.5) is 5.82 Å². The first-order chi connectivity index (χ1) is 9.05. The summed E-state index contributed by atoms with van der Waals surface area (Å²) in [5, 5.41) is 21.6. The van der Waals surface area contributed by atoms with Crippen molar-refractivity contribution in [3.8, 4) is 0 Å². The number of carboxylic acid groups (broad SMARTS) is 1. The highest BCUT2D eigenvalue weighted by molar-refractivity contribution is 7.18. The number of nitrogens with one attached hydrogen (secondary N) is 1. The molecule has 2 heterocycles. The van der Waals surface area contributed by atoms with Crippen molar-refractivity contribution in [2.75, 3.05) is 11.9 Å². The van der Waals surface area contributed by atoms with Gasteiger partial charge in [-0.3, -0.25) is 0 Å². The minimum absolute atomic E-state index is 0.458. The maximum atomic E-state index is 11.0. The minimum atomic E-state index is -1.11. The van der Waals surface area contributed by atoms with Gasteiger partial charge >= 0.3 is 5.97 Å². The Labute approximate surface area is 114 Å². The summed E-state index contributed by atoms with van der Waals surface area (Å²) in [7, 11) is 0. The van der Waals surface area contributed by atoms with Crippen LogP contribution in [0, 0.1) is 6.92 Å². The number of thiophene rings is 1. The molecule has 0 saturated heterocycles. The Morgan fingerprint density at radius 2 is 2.26 bits per heavy atom. The lowest BCUT2D eigenvalue weighted by atomic mass is 10.2. The quantitative estimate of drug-likeness (QED) is 0.767. The molecule has 0 aliphatic carbocycles. The van der Waals surface area contributed by atoms with Crippen LogP contribution in [0.25, 0.3) is 10.2 Å². The molecule has 6 nitrogen and oxygen atoms in total. The van der Waals surface area contributed by atoms with Crippen LogP contribution in [-0.4, -0.2) is 38.8 Å². The molecule has 1 unspecified atom stereocenters. The highest BCUT2D eigenvalue weighted by Crippen LogP contribution is 2.29. The number of aromatic nitrogens is 2. The number of carbonyl (C=O) groups is 1. The zero-order valence-electron chi connectivity index (χ0n) is 10.7. The lowest BCUT2D eigenvalue weighted by Crippen LogP contribution is -2.33. The van der Waals surface area contributed by atoms with Crippen LogP contribution >= 0.6 is 11.3 Å². The van der Waals surface area contributed by atoms with Gasteiger partial charge in [0.05, 0.1) is 12.0 Å². The van der Waals surface area contributed by atoms with Gasteiger partial charge in [-0.15, -0.1) is 11.3 Å². The number of aryl methyl sites for hydroxylation is 2. The maximum absolute atomic E-state index is 11.0. The van der Waals surface area contributed by atoms with E-state index >= 15 is 0 Å². The molecule has 0 aromatic carbocycles. The second-order valence-electron chi connectivity index (χ2n) is 4.12. The van der Waals surface area contributed by atoms with Crippen LogP contribution < -0.4 is 5.32 Å². The fourth-order valence-corrected chi connectivity index (χ4v) is 2.73. The van der Waals surface area contributed by atoms with Crippen LogP contribution in [0.15, 0.2) is 6.07 Å². The number of aliphatic hydroxyl groups is 1. The Hall–Kier alpha value is -1.73. The summed E-state index contributed by atoms with van der Waals surface area (Å²) in [6.45, 7) is 3.31. The van der Waals surface area contributed by atoms with Crippen LogP contribution in [0.5, 0.6) is 0 Å². The van der Waals surface area contributed by atoms with Crippen molar-refractivity contribution >= 4 is 33.3 Å². The predicted molar refractivity (Wildman–Crippen MR) is 73.7 cm³/mol. The van der Waals surface area contributed by atoms with Gasteiger partial charge in [-0.05, 0) is 19.4 Å². The molecule has 3 N–H and O–H groups in total. The molecule has 2 aromatic heterocycles. The minimum Gasteiger partial charge on any atom is -0.480 e. The Morgan fingerprint density at radius 3 is 2.84 bits per heavy atom. The Bertz CT molecular complexity index is 612. The lowest BCUT2D eigenvalue weighted by Gasteiger charge is -2.13. The third kappa shape index (κ3) is 2.82. The highest BCUT2D eigenvalue weighted by atomic mass is 32.1. The molecule has 0 bridgehead atoms. The molecule has 0 spiro atoms. The molecule has 102 valence electrons. The Morgan fingerprint density at radius 1 is 1.53 bits per heavy atom. The average Bonchev–Trinajstić information content (AvgIpc) is 2.78. The van der Waals surface area contributed by atoms with E-state index in [1.165, 1.54) is 0 Å². The number of hydrogen-bond donors (Lipinski definition) is 3. The van der Waals surface area contributed by atoms with E-state index in [-0.39, 0.29) is 0 Å². The second-order valence-corrected chi connectivity index (χ2v) is 5.24. The van der Waals surface area contributed by atoms with Gasteiger partial charge in [0.15, 0.2) is 0 Å². The molecular weight excluding hydrogens is 266 g/mol. The molecule has 1 atom stereocenters. The molecule has 2 aromatic rings. The molecule has 0 amide bonds. The van der Waals surface area contributed by atoms with E-state index in [0.29, 0.717) is 11.6 Å². The van der Waals surface area contributed by atoms with Crippen molar-refractivity contribution in [3.05, 3.63) is 16.8 Å². The van der Waals surface area contributed by atoms with E-state index in [4.69, 9.17) is 10.2 Å². The summed E-state index contributed by atoms with van der Waals surface area (Å²) in [6.07, 6.45) is 0.891. The second kappa shape index (κ2) is 5.50. The molecule has 0 aliphatic heterocycles. The number of nitrogens with zero attached hydrogens (tertiary/aromatic N) is 2.